The largest absolute Gasteiger partial charge is 0.461 e. The third-order valence-electron chi connectivity index (χ3n) is 1.80. The SMILES string of the molecule is CCOC(=O)c1nc2cc(Cl)ccc2s1. The summed E-state index contributed by atoms with van der Waals surface area (Å²) in [4.78, 5) is 15.5. The maximum absolute atomic E-state index is 11.4. The normalized spacial score (nSPS) is 10.5. The number of fused-ring (bicyclic) bond motifs is 1. The minimum absolute atomic E-state index is 0.357. The molecular weight excluding hydrogens is 234 g/mol. The number of halogens is 1. The molecule has 1 heterocycles. The number of esters is 1. The molecule has 3 nitrogen and oxygen atoms in total. The van der Waals surface area contributed by atoms with Crippen LogP contribution in [0.3, 0.4) is 0 Å². The van der Waals surface area contributed by atoms with Gasteiger partial charge in [0, 0.05) is 5.02 Å². The quantitative estimate of drug-likeness (QED) is 0.759. The molecule has 0 amide bonds. The standard InChI is InChI=1S/C10H8ClNO2S/c1-2-14-10(13)9-12-7-5-6(11)3-4-8(7)15-9/h3-5H,2H2,1H3. The van der Waals surface area contributed by atoms with E-state index in [9.17, 15) is 4.79 Å². The molecule has 0 fully saturated rings. The van der Waals surface area contributed by atoms with Gasteiger partial charge in [-0.15, -0.1) is 11.3 Å². The molecule has 0 aliphatic rings. The van der Waals surface area contributed by atoms with Crippen LogP contribution >= 0.6 is 22.9 Å². The predicted molar refractivity (Wildman–Crippen MR) is 60.6 cm³/mol. The molecule has 5 heteroatoms. The Balaban J connectivity index is 2.42. The van der Waals surface area contributed by atoms with Gasteiger partial charge < -0.3 is 4.74 Å². The number of rotatable bonds is 2. The molecular formula is C10H8ClNO2S. The van der Waals surface area contributed by atoms with Crippen LogP contribution in [-0.4, -0.2) is 17.6 Å². The van der Waals surface area contributed by atoms with Crippen molar-refractivity contribution in [2.24, 2.45) is 0 Å². The molecule has 0 aliphatic heterocycles. The predicted octanol–water partition coefficient (Wildman–Crippen LogP) is 3.13. The van der Waals surface area contributed by atoms with E-state index in [2.05, 4.69) is 4.98 Å². The van der Waals surface area contributed by atoms with Crippen molar-refractivity contribution in [1.82, 2.24) is 4.98 Å². The van der Waals surface area contributed by atoms with E-state index in [4.69, 9.17) is 16.3 Å². The van der Waals surface area contributed by atoms with Crippen molar-refractivity contribution in [3.8, 4) is 0 Å². The lowest BCUT2D eigenvalue weighted by Crippen LogP contribution is -2.03. The number of hydrogen-bond donors (Lipinski definition) is 0. The molecule has 0 radical (unpaired) electrons. The Morgan fingerprint density at radius 2 is 2.40 bits per heavy atom. The lowest BCUT2D eigenvalue weighted by atomic mass is 10.3. The van der Waals surface area contributed by atoms with Crippen LogP contribution < -0.4 is 0 Å². The Morgan fingerprint density at radius 1 is 1.60 bits per heavy atom. The number of benzene rings is 1. The Morgan fingerprint density at radius 3 is 3.13 bits per heavy atom. The van der Waals surface area contributed by atoms with Crippen LogP contribution in [0.15, 0.2) is 18.2 Å². The van der Waals surface area contributed by atoms with Gasteiger partial charge >= 0.3 is 5.97 Å². The molecule has 1 aromatic carbocycles. The molecule has 0 unspecified atom stereocenters. The van der Waals surface area contributed by atoms with Gasteiger partial charge in [-0.3, -0.25) is 0 Å². The van der Waals surface area contributed by atoms with Gasteiger partial charge in [0.1, 0.15) is 0 Å². The highest BCUT2D eigenvalue weighted by molar-refractivity contribution is 7.20. The van der Waals surface area contributed by atoms with Crippen molar-refractivity contribution in [3.63, 3.8) is 0 Å². The first-order chi connectivity index (χ1) is 7.20. The fourth-order valence-corrected chi connectivity index (χ4v) is 2.19. The second kappa shape index (κ2) is 4.16. The molecule has 0 saturated heterocycles. The lowest BCUT2D eigenvalue weighted by molar-refractivity contribution is 0.0526. The number of ether oxygens (including phenoxy) is 1. The Labute approximate surface area is 95.6 Å². The molecule has 2 aromatic rings. The summed E-state index contributed by atoms with van der Waals surface area (Å²) in [5.74, 6) is -0.380. The van der Waals surface area contributed by atoms with E-state index in [0.717, 1.165) is 10.2 Å². The van der Waals surface area contributed by atoms with Crippen molar-refractivity contribution < 1.29 is 9.53 Å². The molecule has 0 spiro atoms. The molecule has 0 atom stereocenters. The third kappa shape index (κ3) is 2.11. The zero-order chi connectivity index (χ0) is 10.8. The molecule has 0 N–H and O–H groups in total. The van der Waals surface area contributed by atoms with Gasteiger partial charge in [0.05, 0.1) is 16.8 Å². The summed E-state index contributed by atoms with van der Waals surface area (Å²) in [5.41, 5.74) is 0.732. The maximum Gasteiger partial charge on any atom is 0.367 e. The highest BCUT2D eigenvalue weighted by atomic mass is 35.5. The minimum atomic E-state index is -0.380. The number of thiazole rings is 1. The van der Waals surface area contributed by atoms with Gasteiger partial charge in [-0.05, 0) is 25.1 Å². The molecule has 2 rings (SSSR count). The number of nitrogens with zero attached hydrogens (tertiary/aromatic N) is 1. The van der Waals surface area contributed by atoms with Gasteiger partial charge in [-0.2, -0.15) is 0 Å². The van der Waals surface area contributed by atoms with Crippen LogP contribution in [-0.2, 0) is 4.74 Å². The van der Waals surface area contributed by atoms with Gasteiger partial charge in [0.15, 0.2) is 0 Å². The summed E-state index contributed by atoms with van der Waals surface area (Å²) in [5, 5.41) is 0.984. The van der Waals surface area contributed by atoms with E-state index in [-0.39, 0.29) is 5.97 Å². The second-order valence-corrected chi connectivity index (χ2v) is 4.32. The summed E-state index contributed by atoms with van der Waals surface area (Å²) in [6.07, 6.45) is 0. The topological polar surface area (TPSA) is 39.2 Å². The first-order valence-electron chi connectivity index (χ1n) is 4.44. The van der Waals surface area contributed by atoms with E-state index in [0.29, 0.717) is 16.6 Å². The highest BCUT2D eigenvalue weighted by Crippen LogP contribution is 2.25. The first kappa shape index (κ1) is 10.4. The average molecular weight is 242 g/mol. The molecule has 0 bridgehead atoms. The van der Waals surface area contributed by atoms with E-state index in [1.165, 1.54) is 11.3 Å². The monoisotopic (exact) mass is 241 g/mol. The molecule has 78 valence electrons. The van der Waals surface area contributed by atoms with Gasteiger partial charge in [-0.1, -0.05) is 11.6 Å². The Bertz CT molecular complexity index is 509. The Hall–Kier alpha value is -1.13. The summed E-state index contributed by atoms with van der Waals surface area (Å²) in [6, 6.07) is 5.35. The number of carbonyl (C=O) groups is 1. The second-order valence-electron chi connectivity index (χ2n) is 2.85. The fraction of sp³-hybridized carbons (Fsp3) is 0.200. The van der Waals surface area contributed by atoms with Crippen molar-refractivity contribution >= 4 is 39.1 Å². The first-order valence-corrected chi connectivity index (χ1v) is 5.63. The zero-order valence-corrected chi connectivity index (χ0v) is 9.56. The van der Waals surface area contributed by atoms with Crippen LogP contribution in [0.2, 0.25) is 5.02 Å². The van der Waals surface area contributed by atoms with Crippen molar-refractivity contribution in [3.05, 3.63) is 28.2 Å². The van der Waals surface area contributed by atoms with Gasteiger partial charge in [-0.25, -0.2) is 9.78 Å². The summed E-state index contributed by atoms with van der Waals surface area (Å²) < 4.78 is 5.80. The smallest absolute Gasteiger partial charge is 0.367 e. The summed E-state index contributed by atoms with van der Waals surface area (Å²) in [7, 11) is 0. The summed E-state index contributed by atoms with van der Waals surface area (Å²) >= 11 is 7.13. The van der Waals surface area contributed by atoms with Crippen molar-refractivity contribution in [2.75, 3.05) is 6.61 Å². The minimum Gasteiger partial charge on any atom is -0.461 e. The van der Waals surface area contributed by atoms with E-state index >= 15 is 0 Å². The highest BCUT2D eigenvalue weighted by Gasteiger charge is 2.12. The van der Waals surface area contributed by atoms with Crippen LogP contribution in [0.5, 0.6) is 0 Å². The third-order valence-corrected chi connectivity index (χ3v) is 3.05. The average Bonchev–Trinajstić information content (AvgIpc) is 2.60. The van der Waals surface area contributed by atoms with E-state index in [1.54, 1.807) is 19.1 Å². The number of carbonyl (C=O) groups excluding carboxylic acids is 1. The molecule has 1 aromatic heterocycles. The van der Waals surface area contributed by atoms with Crippen molar-refractivity contribution in [2.45, 2.75) is 6.92 Å². The molecule has 0 aliphatic carbocycles. The molecule has 15 heavy (non-hydrogen) atoms. The van der Waals surface area contributed by atoms with Crippen LogP contribution in [0.25, 0.3) is 10.2 Å². The number of hydrogen-bond acceptors (Lipinski definition) is 4. The van der Waals surface area contributed by atoms with Crippen LogP contribution in [0.1, 0.15) is 16.7 Å². The zero-order valence-electron chi connectivity index (χ0n) is 7.99. The maximum atomic E-state index is 11.4. The fourth-order valence-electron chi connectivity index (χ4n) is 1.18. The van der Waals surface area contributed by atoms with Crippen LogP contribution in [0, 0.1) is 0 Å². The molecule has 0 saturated carbocycles. The lowest BCUT2D eigenvalue weighted by Gasteiger charge is -1.94. The number of aromatic nitrogens is 1. The Kier molecular flexibility index (Phi) is 2.88. The van der Waals surface area contributed by atoms with E-state index < -0.39 is 0 Å². The van der Waals surface area contributed by atoms with Crippen molar-refractivity contribution in [1.29, 1.82) is 0 Å². The van der Waals surface area contributed by atoms with E-state index in [1.807, 2.05) is 6.07 Å². The van der Waals surface area contributed by atoms with Gasteiger partial charge in [0.25, 0.3) is 0 Å². The summed E-state index contributed by atoms with van der Waals surface area (Å²) in [6.45, 7) is 2.12. The van der Waals surface area contributed by atoms with Crippen LogP contribution in [0.4, 0.5) is 0 Å². The van der Waals surface area contributed by atoms with Gasteiger partial charge in [0.2, 0.25) is 5.01 Å².